The van der Waals surface area contributed by atoms with Gasteiger partial charge in [-0.2, -0.15) is 0 Å². The lowest BCUT2D eigenvalue weighted by molar-refractivity contribution is -0.126. The molecular weight excluding hydrogens is 373 g/mol. The van der Waals surface area contributed by atoms with E-state index < -0.39 is 0 Å². The number of hydrogen-bond donors (Lipinski definition) is 1. The normalized spacial score (nSPS) is 27.2. The van der Waals surface area contributed by atoms with Crippen LogP contribution >= 0.6 is 11.8 Å². The number of rotatable bonds is 7. The third-order valence-corrected chi connectivity index (χ3v) is 7.43. The van der Waals surface area contributed by atoms with Crippen molar-refractivity contribution in [3.05, 3.63) is 30.1 Å². The molecule has 3 fully saturated rings. The Morgan fingerprint density at radius 3 is 2.54 bits per heavy atom. The van der Waals surface area contributed by atoms with Crippen molar-refractivity contribution in [3.8, 4) is 0 Å². The number of benzene rings is 1. The van der Waals surface area contributed by atoms with E-state index in [0.29, 0.717) is 17.3 Å². The van der Waals surface area contributed by atoms with Gasteiger partial charge in [0.1, 0.15) is 5.82 Å². The second-order valence-electron chi connectivity index (χ2n) is 8.50. The van der Waals surface area contributed by atoms with Gasteiger partial charge in [-0.05, 0) is 82.4 Å². The Labute approximate surface area is 172 Å². The molecule has 154 valence electrons. The number of halogens is 1. The van der Waals surface area contributed by atoms with Crippen LogP contribution in [0, 0.1) is 5.82 Å². The molecule has 28 heavy (non-hydrogen) atoms. The minimum absolute atomic E-state index is 0.0127. The summed E-state index contributed by atoms with van der Waals surface area (Å²) in [5, 5.41) is 3.62. The summed E-state index contributed by atoms with van der Waals surface area (Å²) < 4.78 is 13.2. The van der Waals surface area contributed by atoms with Crippen molar-refractivity contribution < 1.29 is 9.18 Å². The minimum atomic E-state index is -0.196. The van der Waals surface area contributed by atoms with Gasteiger partial charge in [0.15, 0.2) is 0 Å². The first kappa shape index (κ1) is 20.2. The Morgan fingerprint density at radius 1 is 1.18 bits per heavy atom. The molecule has 2 heterocycles. The van der Waals surface area contributed by atoms with Crippen molar-refractivity contribution in [2.75, 3.05) is 26.2 Å². The highest BCUT2D eigenvalue weighted by molar-refractivity contribution is 8.00. The van der Waals surface area contributed by atoms with Crippen LogP contribution in [0.1, 0.15) is 45.4 Å². The van der Waals surface area contributed by atoms with E-state index in [1.54, 1.807) is 11.8 Å². The van der Waals surface area contributed by atoms with Crippen molar-refractivity contribution in [1.29, 1.82) is 0 Å². The summed E-state index contributed by atoms with van der Waals surface area (Å²) in [6.45, 7) is 6.65. The number of nitrogens with one attached hydrogen (secondary N) is 1. The molecule has 1 N–H and O–H groups in total. The highest BCUT2D eigenvalue weighted by Gasteiger charge is 2.42. The van der Waals surface area contributed by atoms with Crippen LogP contribution in [0.4, 0.5) is 4.39 Å². The zero-order valence-corrected chi connectivity index (χ0v) is 17.6. The number of thioether (sulfide) groups is 1. The molecule has 0 unspecified atom stereocenters. The topological polar surface area (TPSA) is 35.6 Å². The number of hydrogen-bond acceptors (Lipinski definition) is 4. The predicted octanol–water partition coefficient (Wildman–Crippen LogP) is 3.51. The second kappa shape index (κ2) is 9.14. The van der Waals surface area contributed by atoms with Crippen LogP contribution in [0.3, 0.4) is 0 Å². The van der Waals surface area contributed by atoms with Gasteiger partial charge >= 0.3 is 0 Å². The molecule has 1 aliphatic carbocycles. The molecule has 6 heteroatoms. The van der Waals surface area contributed by atoms with Gasteiger partial charge in [0, 0.05) is 28.8 Å². The third kappa shape index (κ3) is 5.08. The molecule has 4 rings (SSSR count). The average molecular weight is 406 g/mol. The Kier molecular flexibility index (Phi) is 6.59. The molecule has 2 aliphatic heterocycles. The summed E-state index contributed by atoms with van der Waals surface area (Å²) in [5.41, 5.74) is 0. The summed E-state index contributed by atoms with van der Waals surface area (Å²) >= 11 is 1.79. The first-order valence-electron chi connectivity index (χ1n) is 10.8. The summed E-state index contributed by atoms with van der Waals surface area (Å²) in [5.74, 6) is 0.0265. The Morgan fingerprint density at radius 2 is 1.89 bits per heavy atom. The maximum Gasteiger partial charge on any atom is 0.237 e. The summed E-state index contributed by atoms with van der Waals surface area (Å²) in [7, 11) is 0. The zero-order valence-electron chi connectivity index (χ0n) is 16.8. The maximum absolute atomic E-state index is 13.2. The molecule has 3 aliphatic rings. The third-order valence-electron chi connectivity index (χ3n) is 6.21. The molecule has 2 saturated heterocycles. The van der Waals surface area contributed by atoms with E-state index in [0.717, 1.165) is 56.6 Å². The van der Waals surface area contributed by atoms with Crippen LogP contribution < -0.4 is 5.32 Å². The summed E-state index contributed by atoms with van der Waals surface area (Å²) in [6.07, 6.45) is 6.65. The molecule has 2 atom stereocenters. The van der Waals surface area contributed by atoms with E-state index in [1.165, 1.54) is 25.1 Å². The van der Waals surface area contributed by atoms with Crippen LogP contribution in [0.5, 0.6) is 0 Å². The van der Waals surface area contributed by atoms with Gasteiger partial charge in [-0.25, -0.2) is 4.39 Å². The van der Waals surface area contributed by atoms with E-state index in [9.17, 15) is 9.18 Å². The van der Waals surface area contributed by atoms with Crippen molar-refractivity contribution >= 4 is 17.7 Å². The number of likely N-dealkylation sites (tertiary alicyclic amines) is 2. The highest BCUT2D eigenvalue weighted by Crippen LogP contribution is 2.36. The van der Waals surface area contributed by atoms with Crippen molar-refractivity contribution in [2.45, 2.75) is 73.7 Å². The Bertz CT molecular complexity index is 658. The van der Waals surface area contributed by atoms with Gasteiger partial charge in [-0.1, -0.05) is 6.92 Å². The SMILES string of the molecule is CCCN1CCC(N2C[C@H](Sc3ccc(F)cc3)C[C@H]2C(=O)NC2CC2)CC1. The second-order valence-corrected chi connectivity index (χ2v) is 9.87. The maximum atomic E-state index is 13.2. The standard InChI is InChI=1S/C22H32FN3OS/c1-2-11-25-12-9-18(10-13-25)26-15-20(28-19-7-3-16(23)4-8-19)14-21(26)22(27)24-17-5-6-17/h3-4,7-8,17-18,20-21H,2,5-6,9-15H2,1H3,(H,24,27)/t20-,21+/m1/s1. The smallest absolute Gasteiger partial charge is 0.237 e. The highest BCUT2D eigenvalue weighted by atomic mass is 32.2. The first-order valence-corrected chi connectivity index (χ1v) is 11.7. The lowest BCUT2D eigenvalue weighted by Gasteiger charge is -2.39. The number of carbonyl (C=O) groups excluding carboxylic acids is 1. The quantitative estimate of drug-likeness (QED) is 0.753. The molecule has 1 saturated carbocycles. The van der Waals surface area contributed by atoms with Crippen molar-refractivity contribution in [3.63, 3.8) is 0 Å². The van der Waals surface area contributed by atoms with Gasteiger partial charge in [0.05, 0.1) is 6.04 Å². The number of carbonyl (C=O) groups is 1. The largest absolute Gasteiger partial charge is 0.352 e. The van der Waals surface area contributed by atoms with Gasteiger partial charge in [-0.3, -0.25) is 9.69 Å². The van der Waals surface area contributed by atoms with E-state index in [1.807, 2.05) is 12.1 Å². The number of amides is 1. The van der Waals surface area contributed by atoms with E-state index in [2.05, 4.69) is 22.0 Å². The number of nitrogens with zero attached hydrogens (tertiary/aromatic N) is 2. The Balaban J connectivity index is 1.41. The Hall–Kier alpha value is -1.11. The fourth-order valence-corrected chi connectivity index (χ4v) is 5.79. The lowest BCUT2D eigenvalue weighted by Crippen LogP contribution is -2.51. The first-order chi connectivity index (χ1) is 13.6. The molecule has 1 aromatic rings. The molecule has 0 spiro atoms. The summed E-state index contributed by atoms with van der Waals surface area (Å²) in [6, 6.07) is 7.65. The van der Waals surface area contributed by atoms with Gasteiger partial charge < -0.3 is 10.2 Å². The van der Waals surface area contributed by atoms with E-state index in [4.69, 9.17) is 0 Å². The van der Waals surface area contributed by atoms with Crippen LogP contribution in [0.25, 0.3) is 0 Å². The van der Waals surface area contributed by atoms with Crippen LogP contribution in [-0.4, -0.2) is 65.3 Å². The fourth-order valence-electron chi connectivity index (χ4n) is 4.59. The van der Waals surface area contributed by atoms with Gasteiger partial charge in [0.25, 0.3) is 0 Å². The van der Waals surface area contributed by atoms with Crippen molar-refractivity contribution in [2.24, 2.45) is 0 Å². The molecule has 0 aromatic heterocycles. The monoisotopic (exact) mass is 405 g/mol. The molecule has 1 aromatic carbocycles. The van der Waals surface area contributed by atoms with E-state index in [-0.39, 0.29) is 17.8 Å². The van der Waals surface area contributed by atoms with Crippen LogP contribution in [0.2, 0.25) is 0 Å². The molecule has 4 nitrogen and oxygen atoms in total. The minimum Gasteiger partial charge on any atom is -0.352 e. The van der Waals surface area contributed by atoms with Crippen LogP contribution in [0.15, 0.2) is 29.2 Å². The van der Waals surface area contributed by atoms with Gasteiger partial charge in [-0.15, -0.1) is 11.8 Å². The van der Waals surface area contributed by atoms with Crippen molar-refractivity contribution in [1.82, 2.24) is 15.1 Å². The van der Waals surface area contributed by atoms with Gasteiger partial charge in [0.2, 0.25) is 5.91 Å². The van der Waals surface area contributed by atoms with Crippen LogP contribution in [-0.2, 0) is 4.79 Å². The zero-order chi connectivity index (χ0) is 19.5. The van der Waals surface area contributed by atoms with E-state index >= 15 is 0 Å². The molecule has 0 radical (unpaired) electrons. The summed E-state index contributed by atoms with van der Waals surface area (Å²) in [4.78, 5) is 19.1. The molecule has 1 amide bonds. The average Bonchev–Trinajstić information content (AvgIpc) is 3.41. The lowest BCUT2D eigenvalue weighted by atomic mass is 10.0. The molecule has 0 bridgehead atoms. The predicted molar refractivity (Wildman–Crippen MR) is 112 cm³/mol. The fraction of sp³-hybridized carbons (Fsp3) is 0.682. The number of piperidine rings is 1. The molecular formula is C22H32FN3OS.